The lowest BCUT2D eigenvalue weighted by Gasteiger charge is -2.15. The van der Waals surface area contributed by atoms with Crippen molar-refractivity contribution in [2.24, 2.45) is 0 Å². The van der Waals surface area contributed by atoms with E-state index in [-0.39, 0.29) is 23.3 Å². The van der Waals surface area contributed by atoms with Gasteiger partial charge in [-0.05, 0) is 32.9 Å². The van der Waals surface area contributed by atoms with Crippen molar-refractivity contribution < 1.29 is 17.7 Å². The number of rotatable bonds is 6. The Kier molecular flexibility index (Phi) is 4.64. The van der Waals surface area contributed by atoms with Gasteiger partial charge in [-0.3, -0.25) is 0 Å². The number of para-hydroxylation sites is 1. The monoisotopic (exact) mass is 310 g/mol. The highest BCUT2D eigenvalue weighted by Crippen LogP contribution is 2.19. The molecule has 0 aliphatic rings. The van der Waals surface area contributed by atoms with Crippen LogP contribution in [-0.4, -0.2) is 26.2 Å². The summed E-state index contributed by atoms with van der Waals surface area (Å²) in [5.41, 5.74) is 0.344. The number of aromatic nitrogens is 1. The van der Waals surface area contributed by atoms with Crippen LogP contribution in [-0.2, 0) is 10.0 Å². The van der Waals surface area contributed by atoms with Gasteiger partial charge in [-0.15, -0.1) is 0 Å². The quantitative estimate of drug-likeness (QED) is 0.883. The molecule has 0 saturated carbocycles. The van der Waals surface area contributed by atoms with Crippen molar-refractivity contribution in [2.45, 2.75) is 31.7 Å². The molecule has 0 bridgehead atoms. The molecule has 1 heterocycles. The van der Waals surface area contributed by atoms with Gasteiger partial charge in [0.15, 0.2) is 5.76 Å². The summed E-state index contributed by atoms with van der Waals surface area (Å²) in [7, 11) is -3.67. The fourth-order valence-corrected chi connectivity index (χ4v) is 3.51. The molecule has 1 N–H and O–H groups in total. The van der Waals surface area contributed by atoms with E-state index >= 15 is 0 Å². The highest BCUT2D eigenvalue weighted by molar-refractivity contribution is 7.89. The second kappa shape index (κ2) is 6.28. The van der Waals surface area contributed by atoms with E-state index in [1.165, 1.54) is 0 Å². The molecule has 0 aliphatic heterocycles. The zero-order chi connectivity index (χ0) is 15.5. The van der Waals surface area contributed by atoms with Gasteiger partial charge in [-0.1, -0.05) is 23.4 Å². The van der Waals surface area contributed by atoms with Crippen LogP contribution in [0, 0.1) is 13.8 Å². The maximum Gasteiger partial charge on any atom is 0.246 e. The van der Waals surface area contributed by atoms with Gasteiger partial charge in [0.2, 0.25) is 10.0 Å². The molecule has 1 atom stereocenters. The van der Waals surface area contributed by atoms with Crippen LogP contribution in [0.3, 0.4) is 0 Å². The Hall–Kier alpha value is -1.86. The van der Waals surface area contributed by atoms with Crippen molar-refractivity contribution in [2.75, 3.05) is 6.61 Å². The summed E-state index contributed by atoms with van der Waals surface area (Å²) in [5, 5.41) is 3.66. The molecule has 6 nitrogen and oxygen atoms in total. The third-order valence-electron chi connectivity index (χ3n) is 2.84. The lowest BCUT2D eigenvalue weighted by Crippen LogP contribution is -2.37. The summed E-state index contributed by atoms with van der Waals surface area (Å²) in [6.07, 6.45) is 0. The van der Waals surface area contributed by atoms with Crippen LogP contribution in [0.15, 0.2) is 39.8 Å². The Balaban J connectivity index is 2.00. The number of benzene rings is 1. The fourth-order valence-electron chi connectivity index (χ4n) is 1.95. The lowest BCUT2D eigenvalue weighted by atomic mass is 10.3. The zero-order valence-electron chi connectivity index (χ0n) is 12.2. The molecule has 0 spiro atoms. The predicted octanol–water partition coefficient (Wildman–Crippen LogP) is 2.04. The van der Waals surface area contributed by atoms with Crippen molar-refractivity contribution in [3.8, 4) is 5.75 Å². The largest absolute Gasteiger partial charge is 0.492 e. The van der Waals surface area contributed by atoms with Gasteiger partial charge >= 0.3 is 0 Å². The molecule has 2 aromatic rings. The minimum Gasteiger partial charge on any atom is -0.492 e. The molecule has 0 unspecified atom stereocenters. The molecular formula is C14H18N2O4S. The summed E-state index contributed by atoms with van der Waals surface area (Å²) in [4.78, 5) is 0.0917. The molecule has 0 amide bonds. The molecule has 114 valence electrons. The number of ether oxygens (including phenoxy) is 1. The Bertz CT molecular complexity index is 676. The smallest absolute Gasteiger partial charge is 0.246 e. The van der Waals surface area contributed by atoms with E-state index in [0.717, 1.165) is 0 Å². The first-order valence-electron chi connectivity index (χ1n) is 6.53. The summed E-state index contributed by atoms with van der Waals surface area (Å²) in [5.74, 6) is 0.970. The average Bonchev–Trinajstić information content (AvgIpc) is 2.77. The Morgan fingerprint density at radius 2 is 1.95 bits per heavy atom. The summed E-state index contributed by atoms with van der Waals surface area (Å²) >= 11 is 0. The van der Waals surface area contributed by atoms with E-state index < -0.39 is 10.0 Å². The van der Waals surface area contributed by atoms with Gasteiger partial charge in [0.05, 0.1) is 6.04 Å². The minimum atomic E-state index is -3.67. The number of hydrogen-bond acceptors (Lipinski definition) is 5. The van der Waals surface area contributed by atoms with E-state index in [9.17, 15) is 8.42 Å². The lowest BCUT2D eigenvalue weighted by molar-refractivity contribution is 0.287. The second-order valence-corrected chi connectivity index (χ2v) is 6.45. The number of nitrogens with one attached hydrogen (secondary N) is 1. The van der Waals surface area contributed by atoms with Crippen molar-refractivity contribution in [3.63, 3.8) is 0 Å². The second-order valence-electron chi connectivity index (χ2n) is 4.80. The summed E-state index contributed by atoms with van der Waals surface area (Å²) in [6, 6.07) is 8.84. The van der Waals surface area contributed by atoms with Crippen molar-refractivity contribution in [1.82, 2.24) is 9.88 Å². The van der Waals surface area contributed by atoms with Gasteiger partial charge in [0.25, 0.3) is 0 Å². The topological polar surface area (TPSA) is 81.4 Å². The third-order valence-corrected chi connectivity index (χ3v) is 4.67. The molecule has 1 aromatic heterocycles. The van der Waals surface area contributed by atoms with E-state index in [1.807, 2.05) is 30.3 Å². The van der Waals surface area contributed by atoms with Gasteiger partial charge < -0.3 is 9.26 Å². The Morgan fingerprint density at radius 3 is 2.52 bits per heavy atom. The number of aryl methyl sites for hydroxylation is 2. The summed E-state index contributed by atoms with van der Waals surface area (Å²) in [6.45, 7) is 5.13. The maximum absolute atomic E-state index is 12.3. The SMILES string of the molecule is Cc1noc(C)c1S(=O)(=O)N[C@@H](C)COc1ccccc1. The predicted molar refractivity (Wildman–Crippen MR) is 77.7 cm³/mol. The van der Waals surface area contributed by atoms with Crippen LogP contribution >= 0.6 is 0 Å². The van der Waals surface area contributed by atoms with E-state index in [2.05, 4.69) is 9.88 Å². The zero-order valence-corrected chi connectivity index (χ0v) is 13.0. The first-order valence-corrected chi connectivity index (χ1v) is 8.01. The minimum absolute atomic E-state index is 0.0917. The maximum atomic E-state index is 12.3. The number of sulfonamides is 1. The van der Waals surface area contributed by atoms with Crippen molar-refractivity contribution in [3.05, 3.63) is 41.8 Å². The molecule has 21 heavy (non-hydrogen) atoms. The fraction of sp³-hybridized carbons (Fsp3) is 0.357. The van der Waals surface area contributed by atoms with E-state index in [0.29, 0.717) is 11.4 Å². The van der Waals surface area contributed by atoms with Crippen LogP contribution in [0.5, 0.6) is 5.75 Å². The number of nitrogens with zero attached hydrogens (tertiary/aromatic N) is 1. The summed E-state index contributed by atoms with van der Waals surface area (Å²) < 4.78 is 37.6. The molecule has 7 heteroatoms. The standard InChI is InChI=1S/C14H18N2O4S/c1-10(9-19-13-7-5-4-6-8-13)16-21(17,18)14-11(2)15-20-12(14)3/h4-8,10,16H,9H2,1-3H3/t10-/m0/s1. The first-order chi connectivity index (χ1) is 9.90. The molecule has 2 rings (SSSR count). The van der Waals surface area contributed by atoms with Crippen LogP contribution < -0.4 is 9.46 Å². The Morgan fingerprint density at radius 1 is 1.29 bits per heavy atom. The highest BCUT2D eigenvalue weighted by Gasteiger charge is 2.25. The molecular weight excluding hydrogens is 292 g/mol. The van der Waals surface area contributed by atoms with Crippen LogP contribution in [0.1, 0.15) is 18.4 Å². The van der Waals surface area contributed by atoms with Crippen molar-refractivity contribution >= 4 is 10.0 Å². The molecule has 1 aromatic carbocycles. The van der Waals surface area contributed by atoms with Gasteiger partial charge in [-0.25, -0.2) is 13.1 Å². The normalized spacial score (nSPS) is 13.1. The average molecular weight is 310 g/mol. The highest BCUT2D eigenvalue weighted by atomic mass is 32.2. The van der Waals surface area contributed by atoms with E-state index in [4.69, 9.17) is 9.26 Å². The van der Waals surface area contributed by atoms with Crippen LogP contribution in [0.2, 0.25) is 0 Å². The molecule has 0 aliphatic carbocycles. The number of hydrogen-bond donors (Lipinski definition) is 1. The first kappa shape index (κ1) is 15.5. The van der Waals surface area contributed by atoms with Crippen LogP contribution in [0.25, 0.3) is 0 Å². The van der Waals surface area contributed by atoms with Gasteiger partial charge in [-0.2, -0.15) is 0 Å². The Labute approximate surface area is 124 Å². The van der Waals surface area contributed by atoms with Gasteiger partial charge in [0, 0.05) is 0 Å². The van der Waals surface area contributed by atoms with E-state index in [1.54, 1.807) is 20.8 Å². The van der Waals surface area contributed by atoms with Crippen molar-refractivity contribution in [1.29, 1.82) is 0 Å². The third kappa shape index (κ3) is 3.83. The molecule has 0 radical (unpaired) electrons. The molecule has 0 saturated heterocycles. The molecule has 0 fully saturated rings. The van der Waals surface area contributed by atoms with Crippen LogP contribution in [0.4, 0.5) is 0 Å². The van der Waals surface area contributed by atoms with Gasteiger partial charge in [0.1, 0.15) is 22.9 Å².